The average Bonchev–Trinajstić information content (AvgIpc) is 2.46. The van der Waals surface area contributed by atoms with Gasteiger partial charge in [0.2, 0.25) is 0 Å². The molecule has 0 bridgehead atoms. The van der Waals surface area contributed by atoms with Gasteiger partial charge in [-0.3, -0.25) is 0 Å². The van der Waals surface area contributed by atoms with Crippen LogP contribution in [0.4, 0.5) is 0 Å². The van der Waals surface area contributed by atoms with Gasteiger partial charge in [0.15, 0.2) is 0 Å². The summed E-state index contributed by atoms with van der Waals surface area (Å²) in [4.78, 5) is 6.62. The van der Waals surface area contributed by atoms with Crippen molar-refractivity contribution in [2.45, 2.75) is 32.2 Å². The van der Waals surface area contributed by atoms with Gasteiger partial charge in [0.05, 0.1) is 6.33 Å². The first-order valence-electron chi connectivity index (χ1n) is 5.44. The second kappa shape index (κ2) is 4.13. The third kappa shape index (κ3) is 1.98. The average molecular weight is 193 g/mol. The fourth-order valence-corrected chi connectivity index (χ4v) is 2.25. The molecule has 2 heterocycles. The van der Waals surface area contributed by atoms with Crippen LogP contribution in [0, 0.1) is 6.92 Å². The molecule has 1 aliphatic rings. The summed E-state index contributed by atoms with van der Waals surface area (Å²) in [6, 6.07) is 0.669. The van der Waals surface area contributed by atoms with E-state index < -0.39 is 0 Å². The summed E-state index contributed by atoms with van der Waals surface area (Å²) in [5.41, 5.74) is 1.29. The highest BCUT2D eigenvalue weighted by molar-refractivity contribution is 4.97. The summed E-state index contributed by atoms with van der Waals surface area (Å²) in [7, 11) is 2.21. The van der Waals surface area contributed by atoms with Crippen molar-refractivity contribution in [1.29, 1.82) is 0 Å². The zero-order chi connectivity index (χ0) is 9.97. The molecule has 3 heteroatoms. The molecule has 78 valence electrons. The van der Waals surface area contributed by atoms with Crippen LogP contribution in [0.3, 0.4) is 0 Å². The molecule has 0 aliphatic carbocycles. The van der Waals surface area contributed by atoms with Gasteiger partial charge in [-0.25, -0.2) is 4.98 Å². The maximum Gasteiger partial charge on any atom is 0.0950 e. The number of aromatic nitrogens is 2. The number of likely N-dealkylation sites (tertiary alicyclic amines) is 1. The molecule has 14 heavy (non-hydrogen) atoms. The van der Waals surface area contributed by atoms with Crippen LogP contribution < -0.4 is 0 Å². The first-order chi connectivity index (χ1) is 6.77. The Kier molecular flexibility index (Phi) is 2.87. The van der Waals surface area contributed by atoms with Gasteiger partial charge in [-0.15, -0.1) is 0 Å². The standard InChI is InChI=1S/C11H19N3/c1-10-8-12-9-14(10)11-4-3-6-13(2)7-5-11/h8-9,11H,3-7H2,1-2H3. The van der Waals surface area contributed by atoms with Crippen molar-refractivity contribution in [2.24, 2.45) is 0 Å². The van der Waals surface area contributed by atoms with E-state index in [1.807, 2.05) is 12.5 Å². The van der Waals surface area contributed by atoms with E-state index in [1.165, 1.54) is 38.0 Å². The second-order valence-corrected chi connectivity index (χ2v) is 4.33. The minimum Gasteiger partial charge on any atom is -0.332 e. The van der Waals surface area contributed by atoms with Crippen LogP contribution in [-0.4, -0.2) is 34.6 Å². The third-order valence-electron chi connectivity index (χ3n) is 3.17. The molecule has 0 amide bonds. The monoisotopic (exact) mass is 193 g/mol. The topological polar surface area (TPSA) is 21.1 Å². The quantitative estimate of drug-likeness (QED) is 0.678. The number of imidazole rings is 1. The van der Waals surface area contributed by atoms with E-state index in [-0.39, 0.29) is 0 Å². The lowest BCUT2D eigenvalue weighted by Gasteiger charge is -2.17. The molecule has 1 atom stereocenters. The normalized spacial score (nSPS) is 24.9. The van der Waals surface area contributed by atoms with Crippen molar-refractivity contribution in [3.05, 3.63) is 18.2 Å². The van der Waals surface area contributed by atoms with Crippen LogP contribution in [-0.2, 0) is 0 Å². The number of hydrogen-bond donors (Lipinski definition) is 0. The van der Waals surface area contributed by atoms with E-state index in [1.54, 1.807) is 0 Å². The van der Waals surface area contributed by atoms with Crippen LogP contribution in [0.25, 0.3) is 0 Å². The Bertz CT molecular complexity index is 292. The van der Waals surface area contributed by atoms with E-state index in [2.05, 4.69) is 28.4 Å². The van der Waals surface area contributed by atoms with E-state index in [0.717, 1.165) is 0 Å². The second-order valence-electron chi connectivity index (χ2n) is 4.33. The minimum absolute atomic E-state index is 0.669. The maximum atomic E-state index is 4.20. The Morgan fingerprint density at radius 2 is 2.21 bits per heavy atom. The highest BCUT2D eigenvalue weighted by Gasteiger charge is 2.16. The largest absolute Gasteiger partial charge is 0.332 e. The summed E-state index contributed by atoms with van der Waals surface area (Å²) in [6.07, 6.45) is 7.79. The predicted molar refractivity (Wildman–Crippen MR) is 57.3 cm³/mol. The minimum atomic E-state index is 0.669. The Morgan fingerprint density at radius 3 is 2.93 bits per heavy atom. The molecular formula is C11H19N3. The lowest BCUT2D eigenvalue weighted by atomic mass is 10.1. The fourth-order valence-electron chi connectivity index (χ4n) is 2.25. The SMILES string of the molecule is Cc1cncn1C1CCCN(C)CC1. The van der Waals surface area contributed by atoms with Gasteiger partial charge in [0.25, 0.3) is 0 Å². The zero-order valence-corrected chi connectivity index (χ0v) is 9.11. The molecule has 1 saturated heterocycles. The van der Waals surface area contributed by atoms with E-state index >= 15 is 0 Å². The van der Waals surface area contributed by atoms with Crippen LogP contribution in [0.2, 0.25) is 0 Å². The lowest BCUT2D eigenvalue weighted by Crippen LogP contribution is -2.19. The molecule has 2 rings (SSSR count). The Labute approximate surface area is 85.7 Å². The van der Waals surface area contributed by atoms with E-state index in [9.17, 15) is 0 Å². The lowest BCUT2D eigenvalue weighted by molar-refractivity contribution is 0.340. The van der Waals surface area contributed by atoms with Crippen LogP contribution in [0.1, 0.15) is 31.0 Å². The summed E-state index contributed by atoms with van der Waals surface area (Å²) in [5, 5.41) is 0. The fraction of sp³-hybridized carbons (Fsp3) is 0.727. The molecule has 0 aromatic carbocycles. The molecular weight excluding hydrogens is 174 g/mol. The number of hydrogen-bond acceptors (Lipinski definition) is 2. The van der Waals surface area contributed by atoms with Crippen molar-refractivity contribution in [1.82, 2.24) is 14.5 Å². The molecule has 0 N–H and O–H groups in total. The zero-order valence-electron chi connectivity index (χ0n) is 9.11. The Morgan fingerprint density at radius 1 is 1.36 bits per heavy atom. The van der Waals surface area contributed by atoms with Crippen molar-refractivity contribution in [2.75, 3.05) is 20.1 Å². The van der Waals surface area contributed by atoms with Crippen LogP contribution >= 0.6 is 0 Å². The van der Waals surface area contributed by atoms with Gasteiger partial charge >= 0.3 is 0 Å². The van der Waals surface area contributed by atoms with Crippen molar-refractivity contribution in [3.8, 4) is 0 Å². The summed E-state index contributed by atoms with van der Waals surface area (Å²) >= 11 is 0. The van der Waals surface area contributed by atoms with Crippen LogP contribution in [0.15, 0.2) is 12.5 Å². The van der Waals surface area contributed by atoms with Gasteiger partial charge in [-0.1, -0.05) is 0 Å². The summed E-state index contributed by atoms with van der Waals surface area (Å²) < 4.78 is 2.33. The highest BCUT2D eigenvalue weighted by Crippen LogP contribution is 2.22. The van der Waals surface area contributed by atoms with E-state index in [0.29, 0.717) is 6.04 Å². The maximum absolute atomic E-state index is 4.20. The summed E-state index contributed by atoms with van der Waals surface area (Å²) in [6.45, 7) is 4.59. The number of nitrogens with zero attached hydrogens (tertiary/aromatic N) is 3. The molecule has 1 aromatic rings. The summed E-state index contributed by atoms with van der Waals surface area (Å²) in [5.74, 6) is 0. The van der Waals surface area contributed by atoms with Gasteiger partial charge in [0, 0.05) is 17.9 Å². The van der Waals surface area contributed by atoms with Gasteiger partial charge in [0.1, 0.15) is 0 Å². The highest BCUT2D eigenvalue weighted by atomic mass is 15.1. The number of aryl methyl sites for hydroxylation is 1. The first kappa shape index (κ1) is 9.71. The van der Waals surface area contributed by atoms with Gasteiger partial charge < -0.3 is 9.47 Å². The third-order valence-corrected chi connectivity index (χ3v) is 3.17. The molecule has 1 aliphatic heterocycles. The first-order valence-corrected chi connectivity index (χ1v) is 5.44. The molecule has 0 saturated carbocycles. The molecule has 3 nitrogen and oxygen atoms in total. The van der Waals surface area contributed by atoms with Gasteiger partial charge in [-0.2, -0.15) is 0 Å². The molecule has 1 fully saturated rings. The molecule has 1 aromatic heterocycles. The van der Waals surface area contributed by atoms with E-state index in [4.69, 9.17) is 0 Å². The Hall–Kier alpha value is -0.830. The molecule has 1 unspecified atom stereocenters. The van der Waals surface area contributed by atoms with Crippen molar-refractivity contribution >= 4 is 0 Å². The Balaban J connectivity index is 2.08. The number of rotatable bonds is 1. The molecule has 0 spiro atoms. The van der Waals surface area contributed by atoms with Crippen molar-refractivity contribution in [3.63, 3.8) is 0 Å². The van der Waals surface area contributed by atoms with Gasteiger partial charge in [-0.05, 0) is 46.3 Å². The van der Waals surface area contributed by atoms with Crippen LogP contribution in [0.5, 0.6) is 0 Å². The smallest absolute Gasteiger partial charge is 0.0950 e. The molecule has 0 radical (unpaired) electrons. The predicted octanol–water partition coefficient (Wildman–Crippen LogP) is 1.85. The van der Waals surface area contributed by atoms with Crippen molar-refractivity contribution < 1.29 is 0 Å².